The van der Waals surface area contributed by atoms with Gasteiger partial charge < -0.3 is 24.3 Å². The Morgan fingerprint density at radius 3 is 2.50 bits per heavy atom. The van der Waals surface area contributed by atoms with Gasteiger partial charge in [-0.05, 0) is 67.4 Å². The van der Waals surface area contributed by atoms with E-state index in [1.54, 1.807) is 20.5 Å². The molecule has 34 heavy (non-hydrogen) atoms. The summed E-state index contributed by atoms with van der Waals surface area (Å²) in [6.07, 6.45) is -0.262. The summed E-state index contributed by atoms with van der Waals surface area (Å²) in [4.78, 5) is 6.35. The van der Waals surface area contributed by atoms with Gasteiger partial charge in [-0.1, -0.05) is 6.07 Å². The fourth-order valence-electron chi connectivity index (χ4n) is 4.31. The van der Waals surface area contributed by atoms with Crippen LogP contribution in [0.4, 0.5) is 13.2 Å². The quantitative estimate of drug-likeness (QED) is 0.498. The second-order valence-corrected chi connectivity index (χ2v) is 8.63. The Hall–Kier alpha value is -3.01. The van der Waals surface area contributed by atoms with Crippen molar-refractivity contribution in [3.05, 3.63) is 53.9 Å². The SMILES string of the molecule is COc1ccc(CCNC(=S)N2CCC(n3cnc4cc(C(F)(F)F)ccc43)CC2)cc1OC. The largest absolute Gasteiger partial charge is 0.493 e. The van der Waals surface area contributed by atoms with E-state index in [1.165, 1.54) is 6.07 Å². The highest BCUT2D eigenvalue weighted by Crippen LogP contribution is 2.33. The van der Waals surface area contributed by atoms with Gasteiger partial charge in [0.25, 0.3) is 0 Å². The van der Waals surface area contributed by atoms with Crippen molar-refractivity contribution in [3.8, 4) is 11.5 Å². The molecule has 3 aromatic rings. The summed E-state index contributed by atoms with van der Waals surface area (Å²) in [7, 11) is 3.23. The third-order valence-corrected chi connectivity index (χ3v) is 6.59. The van der Waals surface area contributed by atoms with Gasteiger partial charge in [0.05, 0.1) is 37.1 Å². The minimum Gasteiger partial charge on any atom is -0.493 e. The first kappa shape index (κ1) is 24.1. The van der Waals surface area contributed by atoms with Crippen LogP contribution in [0, 0.1) is 0 Å². The molecule has 1 fully saturated rings. The second-order valence-electron chi connectivity index (χ2n) is 8.24. The predicted octanol–water partition coefficient (Wildman–Crippen LogP) is 4.83. The molecular formula is C24H27F3N4O2S. The number of nitrogens with one attached hydrogen (secondary N) is 1. The number of aromatic nitrogens is 2. The van der Waals surface area contributed by atoms with Crippen molar-refractivity contribution in [2.24, 2.45) is 0 Å². The third-order valence-electron chi connectivity index (χ3n) is 6.19. The first-order valence-corrected chi connectivity index (χ1v) is 11.5. The predicted molar refractivity (Wildman–Crippen MR) is 128 cm³/mol. The Labute approximate surface area is 201 Å². The molecule has 0 bridgehead atoms. The second kappa shape index (κ2) is 10.1. The van der Waals surface area contributed by atoms with Crippen LogP contribution >= 0.6 is 12.2 Å². The maximum Gasteiger partial charge on any atom is 0.416 e. The molecule has 4 rings (SSSR count). The van der Waals surface area contributed by atoms with E-state index in [9.17, 15) is 13.2 Å². The number of alkyl halides is 3. The zero-order chi connectivity index (χ0) is 24.3. The van der Waals surface area contributed by atoms with Crippen molar-refractivity contribution in [2.45, 2.75) is 31.5 Å². The fourth-order valence-corrected chi connectivity index (χ4v) is 4.59. The first-order valence-electron chi connectivity index (χ1n) is 11.1. The summed E-state index contributed by atoms with van der Waals surface area (Å²) in [5, 5.41) is 4.04. The molecule has 1 aliphatic heterocycles. The molecule has 0 unspecified atom stereocenters. The number of hydrogen-bond acceptors (Lipinski definition) is 4. The van der Waals surface area contributed by atoms with Crippen LogP contribution in [0.25, 0.3) is 11.0 Å². The lowest BCUT2D eigenvalue weighted by Gasteiger charge is -2.34. The molecular weight excluding hydrogens is 465 g/mol. The third kappa shape index (κ3) is 5.22. The minimum absolute atomic E-state index is 0.174. The van der Waals surface area contributed by atoms with E-state index >= 15 is 0 Å². The van der Waals surface area contributed by atoms with E-state index < -0.39 is 11.7 Å². The molecule has 1 aliphatic rings. The lowest BCUT2D eigenvalue weighted by molar-refractivity contribution is -0.137. The fraction of sp³-hybridized carbons (Fsp3) is 0.417. The Balaban J connectivity index is 1.29. The zero-order valence-corrected chi connectivity index (χ0v) is 19.9. The van der Waals surface area contributed by atoms with Crippen LogP contribution in [0.1, 0.15) is 30.0 Å². The summed E-state index contributed by atoms with van der Waals surface area (Å²) in [6, 6.07) is 9.77. The van der Waals surface area contributed by atoms with Gasteiger partial charge >= 0.3 is 6.18 Å². The maximum atomic E-state index is 13.0. The Morgan fingerprint density at radius 1 is 1.09 bits per heavy atom. The monoisotopic (exact) mass is 492 g/mol. The smallest absolute Gasteiger partial charge is 0.416 e. The van der Waals surface area contributed by atoms with Gasteiger partial charge in [-0.15, -0.1) is 0 Å². The van der Waals surface area contributed by atoms with Gasteiger partial charge in [-0.2, -0.15) is 13.2 Å². The summed E-state index contributed by atoms with van der Waals surface area (Å²) >= 11 is 5.59. The van der Waals surface area contributed by atoms with Gasteiger partial charge in [0.1, 0.15) is 0 Å². The molecule has 2 heterocycles. The van der Waals surface area contributed by atoms with Crippen molar-refractivity contribution >= 4 is 28.4 Å². The van der Waals surface area contributed by atoms with Crippen molar-refractivity contribution in [3.63, 3.8) is 0 Å². The highest BCUT2D eigenvalue weighted by molar-refractivity contribution is 7.80. The highest BCUT2D eigenvalue weighted by Gasteiger charge is 2.31. The standard InChI is InChI=1S/C24H27F3N4O2S/c1-32-21-6-3-16(13-22(21)33-2)7-10-28-23(34)30-11-8-18(9-12-30)31-15-29-19-14-17(24(25,26)27)4-5-20(19)31/h3-6,13-15,18H,7-12H2,1-2H3,(H,28,34). The van der Waals surface area contributed by atoms with Gasteiger partial charge in [0, 0.05) is 25.7 Å². The van der Waals surface area contributed by atoms with Gasteiger partial charge in [0.2, 0.25) is 0 Å². The van der Waals surface area contributed by atoms with Crippen LogP contribution in [0.2, 0.25) is 0 Å². The molecule has 0 spiro atoms. The normalized spacial score (nSPS) is 14.9. The number of likely N-dealkylation sites (tertiary alicyclic amines) is 1. The molecule has 0 saturated carbocycles. The average molecular weight is 493 g/mol. The zero-order valence-electron chi connectivity index (χ0n) is 19.1. The van der Waals surface area contributed by atoms with Crippen molar-refractivity contribution < 1.29 is 22.6 Å². The molecule has 1 saturated heterocycles. The molecule has 10 heteroatoms. The topological polar surface area (TPSA) is 51.5 Å². The number of imidazole rings is 1. The van der Waals surface area contributed by atoms with E-state index in [-0.39, 0.29) is 6.04 Å². The number of hydrogen-bond donors (Lipinski definition) is 1. The molecule has 182 valence electrons. The number of piperidine rings is 1. The van der Waals surface area contributed by atoms with E-state index in [4.69, 9.17) is 21.7 Å². The van der Waals surface area contributed by atoms with E-state index in [1.807, 2.05) is 22.8 Å². The van der Waals surface area contributed by atoms with Gasteiger partial charge in [0.15, 0.2) is 16.6 Å². The number of rotatable bonds is 6. The lowest BCUT2D eigenvalue weighted by atomic mass is 10.0. The van der Waals surface area contributed by atoms with E-state index in [0.717, 1.165) is 55.6 Å². The van der Waals surface area contributed by atoms with Gasteiger partial charge in [-0.25, -0.2) is 4.98 Å². The van der Waals surface area contributed by atoms with Crippen LogP contribution < -0.4 is 14.8 Å². The molecule has 0 radical (unpaired) electrons. The van der Waals surface area contributed by atoms with Gasteiger partial charge in [-0.3, -0.25) is 0 Å². The lowest BCUT2D eigenvalue weighted by Crippen LogP contribution is -2.45. The number of ether oxygens (including phenoxy) is 2. The summed E-state index contributed by atoms with van der Waals surface area (Å²) in [5.74, 6) is 1.40. The van der Waals surface area contributed by atoms with E-state index in [0.29, 0.717) is 28.7 Å². The average Bonchev–Trinajstić information content (AvgIpc) is 3.27. The number of fused-ring (bicyclic) bond motifs is 1. The van der Waals surface area contributed by atoms with Crippen LogP contribution in [-0.4, -0.2) is 53.4 Å². The molecule has 1 N–H and O–H groups in total. The summed E-state index contributed by atoms with van der Waals surface area (Å²) in [5.41, 5.74) is 1.53. The number of halogens is 3. The molecule has 0 aliphatic carbocycles. The van der Waals surface area contributed by atoms with E-state index in [2.05, 4.69) is 15.2 Å². The first-order chi connectivity index (χ1) is 16.3. The van der Waals surface area contributed by atoms with Crippen molar-refractivity contribution in [2.75, 3.05) is 33.9 Å². The summed E-state index contributed by atoms with van der Waals surface area (Å²) < 4.78 is 51.5. The van der Waals surface area contributed by atoms with Crippen molar-refractivity contribution in [1.29, 1.82) is 0 Å². The Bertz CT molecular complexity index is 1160. The maximum absolute atomic E-state index is 13.0. The molecule has 6 nitrogen and oxygen atoms in total. The number of methoxy groups -OCH3 is 2. The highest BCUT2D eigenvalue weighted by atomic mass is 32.1. The van der Waals surface area contributed by atoms with Crippen LogP contribution in [0.5, 0.6) is 11.5 Å². The van der Waals surface area contributed by atoms with Crippen LogP contribution in [0.3, 0.4) is 0 Å². The minimum atomic E-state index is -4.37. The molecule has 2 aromatic carbocycles. The number of thiocarbonyl (C=S) groups is 1. The molecule has 0 atom stereocenters. The van der Waals surface area contributed by atoms with Crippen LogP contribution in [0.15, 0.2) is 42.7 Å². The molecule has 1 aromatic heterocycles. The Morgan fingerprint density at radius 2 is 1.82 bits per heavy atom. The Kier molecular flexibility index (Phi) is 7.16. The molecule has 0 amide bonds. The number of benzene rings is 2. The van der Waals surface area contributed by atoms with Crippen molar-refractivity contribution in [1.82, 2.24) is 19.8 Å². The number of nitrogens with zero attached hydrogens (tertiary/aromatic N) is 3. The van der Waals surface area contributed by atoms with Crippen LogP contribution in [-0.2, 0) is 12.6 Å². The summed E-state index contributed by atoms with van der Waals surface area (Å²) in [6.45, 7) is 2.24.